The summed E-state index contributed by atoms with van der Waals surface area (Å²) in [5.74, 6) is 0.306. The van der Waals surface area contributed by atoms with E-state index in [1.165, 1.54) is 27.5 Å². The third-order valence-corrected chi connectivity index (χ3v) is 23.5. The van der Waals surface area contributed by atoms with E-state index in [9.17, 15) is 0 Å². The summed E-state index contributed by atoms with van der Waals surface area (Å²) in [4.78, 5) is 2.70. The van der Waals surface area contributed by atoms with Crippen LogP contribution in [0.3, 0.4) is 0 Å². The van der Waals surface area contributed by atoms with Crippen molar-refractivity contribution in [2.24, 2.45) is 0 Å². The lowest BCUT2D eigenvalue weighted by atomic mass is 10.1. The van der Waals surface area contributed by atoms with E-state index in [2.05, 4.69) is 41.4 Å². The van der Waals surface area contributed by atoms with E-state index in [-0.39, 0.29) is 6.61 Å². The molecule has 0 aliphatic heterocycles. The molecule has 1 rings (SSSR count). The first-order valence-electron chi connectivity index (χ1n) is 5.80. The van der Waals surface area contributed by atoms with Crippen LogP contribution < -0.4 is 0 Å². The van der Waals surface area contributed by atoms with Crippen LogP contribution in [-0.2, 0) is 118 Å². The maximum absolute atomic E-state index is 8.88. The number of hydrogen-bond donors (Lipinski definition) is 1. The van der Waals surface area contributed by atoms with Gasteiger partial charge in [0, 0.05) is 127 Å². The van der Waals surface area contributed by atoms with Crippen LogP contribution in [0.4, 0.5) is 0 Å². The first-order chi connectivity index (χ1) is 11.2. The first kappa shape index (κ1) is 25.3. The molecule has 134 valence electrons. The molecule has 23 heavy (non-hydrogen) atoms. The van der Waals surface area contributed by atoms with Gasteiger partial charge >= 0.3 is 0 Å². The topological polar surface area (TPSA) is 20.2 Å². The molecule has 14 heteroatoms. The largest absolute Gasteiger partial charge is 0.396 e. The van der Waals surface area contributed by atoms with Crippen molar-refractivity contribution in [1.82, 2.24) is 0 Å². The molecule has 1 nitrogen and oxygen atoms in total. The van der Waals surface area contributed by atoms with Crippen molar-refractivity contribution in [2.45, 2.75) is 26.2 Å². The highest BCUT2D eigenvalue weighted by atomic mass is 33.4. The van der Waals surface area contributed by atoms with Crippen molar-refractivity contribution in [2.75, 3.05) is 6.61 Å². The predicted octanol–water partition coefficient (Wildman–Crippen LogP) is 2.38. The number of thiophene rings is 1. The van der Waals surface area contributed by atoms with Gasteiger partial charge in [0.2, 0.25) is 0 Å². The highest BCUT2D eigenvalue weighted by molar-refractivity contribution is 8.75. The Morgan fingerprint density at radius 3 is 1.78 bits per heavy atom. The van der Waals surface area contributed by atoms with Gasteiger partial charge in [-0.05, 0) is 18.6 Å². The molecule has 1 unspecified atom stereocenters. The lowest BCUT2D eigenvalue weighted by Crippen LogP contribution is -1.94. The van der Waals surface area contributed by atoms with E-state index in [0.717, 1.165) is 6.42 Å². The average Bonchev–Trinajstić information content (AvgIpc) is 3.06. The summed E-state index contributed by atoms with van der Waals surface area (Å²) in [6.07, 6.45) is 1.10. The minimum absolute atomic E-state index is 0.254. The third kappa shape index (κ3) is 15.1. The molecule has 0 saturated heterocycles. The maximum Gasteiger partial charge on any atom is 0.0504 e. The van der Waals surface area contributed by atoms with E-state index < -0.39 is 0 Å². The molecule has 0 amide bonds. The summed E-state index contributed by atoms with van der Waals surface area (Å²) >= 11 is 11.2. The molecule has 0 spiro atoms. The van der Waals surface area contributed by atoms with Crippen molar-refractivity contribution in [3.8, 4) is 0 Å². The molecule has 1 aromatic rings. The molecule has 0 aliphatic rings. The van der Waals surface area contributed by atoms with Gasteiger partial charge in [0.15, 0.2) is 0 Å². The number of aliphatic hydroxyl groups excluding tert-OH is 1. The van der Waals surface area contributed by atoms with Crippen molar-refractivity contribution in [3.63, 3.8) is 0 Å². The van der Waals surface area contributed by atoms with E-state index in [4.69, 9.17) is 5.11 Å². The summed E-state index contributed by atoms with van der Waals surface area (Å²) in [6, 6.07) is 4.26. The first-order valence-corrected chi connectivity index (χ1v) is 21.3. The molecule has 0 bridgehead atoms. The highest BCUT2D eigenvalue weighted by Crippen LogP contribution is 2.24. The van der Waals surface area contributed by atoms with Crippen LogP contribution in [0.5, 0.6) is 0 Å². The Balaban J connectivity index is 0.000000422. The Bertz CT molecular complexity index is 820. The lowest BCUT2D eigenvalue weighted by molar-refractivity contribution is 0.274. The molecule has 1 aromatic heterocycles. The van der Waals surface area contributed by atoms with Crippen LogP contribution in [0.1, 0.15) is 29.5 Å². The Morgan fingerprint density at radius 2 is 1.43 bits per heavy atom. The summed E-state index contributed by atoms with van der Waals surface area (Å²) in [5.41, 5.74) is 0. The molecule has 0 radical (unpaired) electrons. The van der Waals surface area contributed by atoms with Crippen LogP contribution in [0, 0.1) is 0 Å². The smallest absolute Gasteiger partial charge is 0.0504 e. The molecule has 0 saturated carbocycles. The number of aliphatic hydroxyl groups is 1. The van der Waals surface area contributed by atoms with Crippen molar-refractivity contribution < 1.29 is 5.11 Å². The second-order valence-electron chi connectivity index (χ2n) is 3.42. The van der Waals surface area contributed by atoms with Gasteiger partial charge in [-0.15, -0.1) is 11.3 Å². The number of rotatable bonds is 3. The maximum atomic E-state index is 8.88. The molecule has 1 N–H and O–H groups in total. The Hall–Kier alpha value is 2.30. The van der Waals surface area contributed by atoms with Crippen molar-refractivity contribution >= 4 is 123 Å². The van der Waals surface area contributed by atoms with Gasteiger partial charge in [0.25, 0.3) is 0 Å². The predicted molar refractivity (Wildman–Crippen MR) is 138 cm³/mol. The molecular weight excluding hydrogens is 541 g/mol. The molecular formula is C9H14OS13. The molecule has 1 atom stereocenters. The fourth-order valence-corrected chi connectivity index (χ4v) is 24.0. The van der Waals surface area contributed by atoms with Crippen LogP contribution in [0.15, 0.2) is 12.1 Å². The number of aryl methyl sites for hydroxylation is 1. The van der Waals surface area contributed by atoms with Gasteiger partial charge in [-0.2, -0.15) is 0 Å². The standard InChI is InChI=1S/C9H14OS.S12/c1-3-8-4-5-9(11-8)7(2)6-10;1-3-5-7-9-11-12-10-8-6-4-2/h4-5,7,10H,3,6H2,1-2H3;. The monoisotopic (exact) mass is 554 g/mol. The van der Waals surface area contributed by atoms with Crippen LogP contribution in [-0.4, -0.2) is 11.7 Å². The SMILES string of the molecule is CCc1ccc(C(C)CO)s1.S=S=S=S=S=S=S=S=S=S=S=S. The Labute approximate surface area is 179 Å². The van der Waals surface area contributed by atoms with Crippen LogP contribution in [0.25, 0.3) is 0 Å². The number of hydrogen-bond acceptors (Lipinski definition) is 4. The van der Waals surface area contributed by atoms with E-state index in [1.54, 1.807) is 82.4 Å². The third-order valence-electron chi connectivity index (χ3n) is 2.04. The van der Waals surface area contributed by atoms with Gasteiger partial charge in [-0.1, -0.05) is 13.8 Å². The Kier molecular flexibility index (Phi) is 21.0. The average molecular weight is 555 g/mol. The summed E-state index contributed by atoms with van der Waals surface area (Å²) < 4.78 is 0. The molecule has 1 heterocycles. The zero-order valence-electron chi connectivity index (χ0n) is 11.9. The normalized spacial score (nSPS) is 10.0. The zero-order valence-corrected chi connectivity index (χ0v) is 22.5. The molecule has 0 fully saturated rings. The lowest BCUT2D eigenvalue weighted by Gasteiger charge is -2.02. The quantitative estimate of drug-likeness (QED) is 0.620. The van der Waals surface area contributed by atoms with Gasteiger partial charge in [0.05, 0.1) is 6.61 Å². The van der Waals surface area contributed by atoms with Gasteiger partial charge < -0.3 is 5.11 Å². The Morgan fingerprint density at radius 1 is 0.957 bits per heavy atom. The van der Waals surface area contributed by atoms with Crippen molar-refractivity contribution in [1.29, 1.82) is 0 Å². The van der Waals surface area contributed by atoms with Crippen LogP contribution in [0.2, 0.25) is 0 Å². The van der Waals surface area contributed by atoms with E-state index >= 15 is 0 Å². The molecule has 0 aliphatic carbocycles. The van der Waals surface area contributed by atoms with Gasteiger partial charge in [-0.25, -0.2) is 0 Å². The summed E-state index contributed by atoms with van der Waals surface area (Å²) in [7, 11) is 16.3. The van der Waals surface area contributed by atoms with E-state index in [0.29, 0.717) is 5.92 Å². The minimum atomic E-state index is 0.254. The van der Waals surface area contributed by atoms with Gasteiger partial charge in [0.1, 0.15) is 0 Å². The highest BCUT2D eigenvalue weighted by Gasteiger charge is 2.05. The molecule has 0 aromatic carbocycles. The second kappa shape index (κ2) is 19.1. The zero-order chi connectivity index (χ0) is 17.3. The van der Waals surface area contributed by atoms with Crippen LogP contribution >= 0.6 is 11.3 Å². The fraction of sp³-hybridized carbons (Fsp3) is 0.556. The minimum Gasteiger partial charge on any atom is -0.396 e. The second-order valence-corrected chi connectivity index (χ2v) is 22.3. The fourth-order valence-electron chi connectivity index (χ4n) is 1.03. The summed E-state index contributed by atoms with van der Waals surface area (Å²) in [6.45, 7) is 4.45. The van der Waals surface area contributed by atoms with Crippen molar-refractivity contribution in [3.05, 3.63) is 21.9 Å². The van der Waals surface area contributed by atoms with E-state index in [1.807, 2.05) is 6.92 Å². The summed E-state index contributed by atoms with van der Waals surface area (Å²) in [5, 5.41) is 8.88. The van der Waals surface area contributed by atoms with Gasteiger partial charge in [-0.3, -0.25) is 0 Å².